The van der Waals surface area contributed by atoms with E-state index in [1.165, 1.54) is 19.3 Å². The summed E-state index contributed by atoms with van der Waals surface area (Å²) in [6.45, 7) is 4.95. The van der Waals surface area contributed by atoms with Gasteiger partial charge in [-0.2, -0.15) is 0 Å². The number of halogens is 1. The molecule has 0 bridgehead atoms. The molecule has 23 heavy (non-hydrogen) atoms. The normalized spacial score (nSPS) is 39.0. The zero-order valence-electron chi connectivity index (χ0n) is 14.0. The van der Waals surface area contributed by atoms with E-state index in [1.807, 2.05) is 0 Å². The molecule has 1 unspecified atom stereocenters. The number of allylic oxidation sites excluding steroid dienone is 2. The van der Waals surface area contributed by atoms with Crippen molar-refractivity contribution in [2.45, 2.75) is 58.0 Å². The monoisotopic (exact) mass is 328 g/mol. The molecule has 0 amide bonds. The van der Waals surface area contributed by atoms with Gasteiger partial charge in [0, 0.05) is 11.8 Å². The van der Waals surface area contributed by atoms with Gasteiger partial charge < -0.3 is 18.9 Å². The van der Waals surface area contributed by atoms with Crippen molar-refractivity contribution in [2.75, 3.05) is 26.4 Å². The first-order chi connectivity index (χ1) is 11.3. The molecule has 3 rings (SSSR count). The molecule has 2 fully saturated rings. The SMILES string of the molecule is CCCC[C@H]1CO[C@H]([C@H]2CO[C@H](C3CC=C(F)CC3)OC2)OC1. The van der Waals surface area contributed by atoms with Crippen LogP contribution in [-0.2, 0) is 18.9 Å². The molecule has 2 saturated heterocycles. The predicted molar refractivity (Wildman–Crippen MR) is 84.4 cm³/mol. The van der Waals surface area contributed by atoms with Crippen LogP contribution in [0.3, 0.4) is 0 Å². The highest BCUT2D eigenvalue weighted by atomic mass is 19.1. The Bertz CT molecular complexity index is 384. The molecule has 2 heterocycles. The predicted octanol–water partition coefficient (Wildman–Crippen LogP) is 3.81. The van der Waals surface area contributed by atoms with Crippen molar-refractivity contribution in [3.63, 3.8) is 0 Å². The molecule has 4 nitrogen and oxygen atoms in total. The number of unbranched alkanes of at least 4 members (excludes halogenated alkanes) is 1. The summed E-state index contributed by atoms with van der Waals surface area (Å²) < 4.78 is 36.6. The van der Waals surface area contributed by atoms with Crippen LogP contribution >= 0.6 is 0 Å². The second kappa shape index (κ2) is 8.56. The van der Waals surface area contributed by atoms with Crippen LogP contribution in [0.4, 0.5) is 4.39 Å². The minimum Gasteiger partial charge on any atom is -0.352 e. The Kier molecular flexibility index (Phi) is 6.45. The van der Waals surface area contributed by atoms with Crippen LogP contribution in [0.15, 0.2) is 11.9 Å². The van der Waals surface area contributed by atoms with Gasteiger partial charge in [-0.3, -0.25) is 0 Å². The van der Waals surface area contributed by atoms with Gasteiger partial charge in [-0.25, -0.2) is 4.39 Å². The Balaban J connectivity index is 1.38. The van der Waals surface area contributed by atoms with Gasteiger partial charge in [0.25, 0.3) is 0 Å². The maximum Gasteiger partial charge on any atom is 0.164 e. The van der Waals surface area contributed by atoms with E-state index in [1.54, 1.807) is 6.08 Å². The van der Waals surface area contributed by atoms with Crippen molar-refractivity contribution in [3.05, 3.63) is 11.9 Å². The van der Waals surface area contributed by atoms with Crippen molar-refractivity contribution in [1.82, 2.24) is 0 Å². The average molecular weight is 328 g/mol. The molecule has 3 aliphatic rings. The van der Waals surface area contributed by atoms with Crippen LogP contribution in [0, 0.1) is 17.8 Å². The second-order valence-electron chi connectivity index (χ2n) is 7.02. The van der Waals surface area contributed by atoms with Crippen LogP contribution in [0.5, 0.6) is 0 Å². The third-order valence-corrected chi connectivity index (χ3v) is 5.07. The molecule has 0 aromatic heterocycles. The van der Waals surface area contributed by atoms with Crippen molar-refractivity contribution in [1.29, 1.82) is 0 Å². The first kappa shape index (κ1) is 17.3. The molecule has 2 aliphatic heterocycles. The Hall–Kier alpha value is -0.490. The molecule has 5 heteroatoms. The lowest BCUT2D eigenvalue weighted by Crippen LogP contribution is -2.46. The highest BCUT2D eigenvalue weighted by Gasteiger charge is 2.36. The summed E-state index contributed by atoms with van der Waals surface area (Å²) in [4.78, 5) is 0. The van der Waals surface area contributed by atoms with Crippen molar-refractivity contribution in [3.8, 4) is 0 Å². The Morgan fingerprint density at radius 3 is 2.26 bits per heavy atom. The maximum atomic E-state index is 13.1. The smallest absolute Gasteiger partial charge is 0.164 e. The van der Waals surface area contributed by atoms with E-state index in [9.17, 15) is 4.39 Å². The summed E-state index contributed by atoms with van der Waals surface area (Å²) in [6.07, 6.45) is 6.87. The van der Waals surface area contributed by atoms with Gasteiger partial charge in [0.15, 0.2) is 12.6 Å². The second-order valence-corrected chi connectivity index (χ2v) is 7.02. The Morgan fingerprint density at radius 1 is 1.00 bits per heavy atom. The largest absolute Gasteiger partial charge is 0.352 e. The van der Waals surface area contributed by atoms with Gasteiger partial charge in [0.1, 0.15) is 0 Å². The zero-order chi connectivity index (χ0) is 16.1. The molecule has 0 aromatic rings. The van der Waals surface area contributed by atoms with Crippen molar-refractivity contribution in [2.24, 2.45) is 17.8 Å². The molecule has 132 valence electrons. The summed E-state index contributed by atoms with van der Waals surface area (Å²) in [6, 6.07) is 0. The van der Waals surface area contributed by atoms with Crippen LogP contribution < -0.4 is 0 Å². The highest BCUT2D eigenvalue weighted by molar-refractivity contribution is 4.98. The van der Waals surface area contributed by atoms with E-state index < -0.39 is 0 Å². The molecule has 0 spiro atoms. The molecule has 0 aromatic carbocycles. The minimum atomic E-state index is -0.212. The summed E-state index contributed by atoms with van der Waals surface area (Å²) in [5, 5.41) is 0. The van der Waals surface area contributed by atoms with Gasteiger partial charge in [0.2, 0.25) is 0 Å². The third kappa shape index (κ3) is 4.75. The Labute approximate surface area is 138 Å². The Morgan fingerprint density at radius 2 is 1.65 bits per heavy atom. The first-order valence-corrected chi connectivity index (χ1v) is 9.07. The van der Waals surface area contributed by atoms with Gasteiger partial charge in [-0.1, -0.05) is 25.8 Å². The molecule has 1 aliphatic carbocycles. The summed E-state index contributed by atoms with van der Waals surface area (Å²) in [5.41, 5.74) is 0. The highest BCUT2D eigenvalue weighted by Crippen LogP contribution is 2.32. The zero-order valence-corrected chi connectivity index (χ0v) is 14.0. The number of rotatable bonds is 5. The van der Waals surface area contributed by atoms with Crippen LogP contribution in [0.25, 0.3) is 0 Å². The topological polar surface area (TPSA) is 36.9 Å². The standard InChI is InChI=1S/C18H29FO4/c1-2-3-4-13-9-20-18(21-10-13)15-11-22-17(23-12-15)14-5-7-16(19)8-6-14/h7,13-15,17-18H,2-6,8-12H2,1H3/t13-,14?,15-,17-,18-. The van der Waals surface area contributed by atoms with Crippen molar-refractivity contribution >= 4 is 0 Å². The van der Waals surface area contributed by atoms with E-state index in [2.05, 4.69) is 6.92 Å². The number of ether oxygens (including phenoxy) is 4. The molecule has 1 atom stereocenters. The molecule has 0 N–H and O–H groups in total. The number of hydrogen-bond donors (Lipinski definition) is 0. The minimum absolute atomic E-state index is 0.00318. The van der Waals surface area contributed by atoms with E-state index >= 15 is 0 Å². The first-order valence-electron chi connectivity index (χ1n) is 9.07. The van der Waals surface area contributed by atoms with Gasteiger partial charge in [-0.15, -0.1) is 0 Å². The van der Waals surface area contributed by atoms with Gasteiger partial charge in [-0.05, 0) is 25.7 Å². The fourth-order valence-electron chi connectivity index (χ4n) is 3.52. The lowest BCUT2D eigenvalue weighted by atomic mass is 9.92. The van der Waals surface area contributed by atoms with Gasteiger partial charge in [0.05, 0.1) is 38.2 Å². The number of hydrogen-bond acceptors (Lipinski definition) is 4. The van der Waals surface area contributed by atoms with Crippen LogP contribution in [0.2, 0.25) is 0 Å². The summed E-state index contributed by atoms with van der Waals surface area (Å²) >= 11 is 0. The van der Waals surface area contributed by atoms with Crippen LogP contribution in [0.1, 0.15) is 45.4 Å². The summed E-state index contributed by atoms with van der Waals surface area (Å²) in [5.74, 6) is 0.918. The van der Waals surface area contributed by atoms with E-state index in [0.717, 1.165) is 19.6 Å². The van der Waals surface area contributed by atoms with Crippen LogP contribution in [-0.4, -0.2) is 39.0 Å². The van der Waals surface area contributed by atoms with Crippen molar-refractivity contribution < 1.29 is 23.3 Å². The summed E-state index contributed by atoms with van der Waals surface area (Å²) in [7, 11) is 0. The molecule has 0 radical (unpaired) electrons. The fourth-order valence-corrected chi connectivity index (χ4v) is 3.52. The lowest BCUT2D eigenvalue weighted by molar-refractivity contribution is -0.290. The lowest BCUT2D eigenvalue weighted by Gasteiger charge is -2.39. The van der Waals surface area contributed by atoms with E-state index in [4.69, 9.17) is 18.9 Å². The van der Waals surface area contributed by atoms with Gasteiger partial charge >= 0.3 is 0 Å². The third-order valence-electron chi connectivity index (χ3n) is 5.07. The quantitative estimate of drug-likeness (QED) is 0.769. The fraction of sp³-hybridized carbons (Fsp3) is 0.889. The molecular weight excluding hydrogens is 299 g/mol. The molecular formula is C18H29FO4. The van der Waals surface area contributed by atoms with E-state index in [-0.39, 0.29) is 30.2 Å². The maximum absolute atomic E-state index is 13.1. The molecule has 0 saturated carbocycles. The average Bonchev–Trinajstić information content (AvgIpc) is 2.61. The van der Waals surface area contributed by atoms with E-state index in [0.29, 0.717) is 32.0 Å².